The maximum absolute atomic E-state index is 12.5. The quantitative estimate of drug-likeness (QED) is 0.575. The zero-order valence-electron chi connectivity index (χ0n) is 7.91. The van der Waals surface area contributed by atoms with E-state index >= 15 is 0 Å². The summed E-state index contributed by atoms with van der Waals surface area (Å²) in [6.07, 6.45) is 0. The lowest BCUT2D eigenvalue weighted by atomic mass is 10.3. The van der Waals surface area contributed by atoms with Gasteiger partial charge < -0.3 is 9.47 Å². The first kappa shape index (κ1) is 11.8. The SMILES string of the molecule is O=C(COc1ccc(F)cc1)OCCCl. The molecule has 15 heavy (non-hydrogen) atoms. The number of esters is 1. The molecule has 0 aliphatic heterocycles. The molecule has 1 aromatic rings. The van der Waals surface area contributed by atoms with Crippen LogP contribution < -0.4 is 4.74 Å². The molecule has 0 bridgehead atoms. The fraction of sp³-hybridized carbons (Fsp3) is 0.300. The van der Waals surface area contributed by atoms with Crippen LogP contribution in [0, 0.1) is 5.82 Å². The van der Waals surface area contributed by atoms with Gasteiger partial charge in [-0.15, -0.1) is 11.6 Å². The fourth-order valence-electron chi connectivity index (χ4n) is 0.867. The molecule has 1 aromatic carbocycles. The topological polar surface area (TPSA) is 35.5 Å². The van der Waals surface area contributed by atoms with Gasteiger partial charge in [0, 0.05) is 0 Å². The van der Waals surface area contributed by atoms with Gasteiger partial charge in [0.05, 0.1) is 5.88 Å². The Kier molecular flexibility index (Phi) is 4.90. The van der Waals surface area contributed by atoms with Crippen LogP contribution in [-0.4, -0.2) is 25.1 Å². The van der Waals surface area contributed by atoms with E-state index in [2.05, 4.69) is 4.74 Å². The van der Waals surface area contributed by atoms with E-state index in [-0.39, 0.29) is 24.9 Å². The number of hydrogen-bond donors (Lipinski definition) is 0. The molecule has 0 heterocycles. The lowest BCUT2D eigenvalue weighted by Crippen LogP contribution is -2.15. The first-order valence-corrected chi connectivity index (χ1v) is 4.86. The molecule has 0 aliphatic carbocycles. The van der Waals surface area contributed by atoms with Crippen molar-refractivity contribution in [3.63, 3.8) is 0 Å². The highest BCUT2D eigenvalue weighted by Gasteiger charge is 2.03. The van der Waals surface area contributed by atoms with Gasteiger partial charge in [-0.2, -0.15) is 0 Å². The van der Waals surface area contributed by atoms with Crippen LogP contribution in [0.15, 0.2) is 24.3 Å². The zero-order valence-corrected chi connectivity index (χ0v) is 8.67. The molecule has 0 saturated heterocycles. The van der Waals surface area contributed by atoms with Crippen molar-refractivity contribution in [3.05, 3.63) is 30.1 Å². The smallest absolute Gasteiger partial charge is 0.344 e. The average molecular weight is 233 g/mol. The molecular weight excluding hydrogens is 223 g/mol. The molecule has 0 fully saturated rings. The Hall–Kier alpha value is -1.29. The van der Waals surface area contributed by atoms with Gasteiger partial charge in [-0.1, -0.05) is 0 Å². The lowest BCUT2D eigenvalue weighted by molar-refractivity contribution is -0.145. The molecule has 0 saturated carbocycles. The third kappa shape index (κ3) is 4.65. The number of carbonyl (C=O) groups excluding carboxylic acids is 1. The molecule has 0 atom stereocenters. The Morgan fingerprint density at radius 1 is 1.33 bits per heavy atom. The molecule has 0 N–H and O–H groups in total. The fourth-order valence-corrected chi connectivity index (χ4v) is 0.944. The Bertz CT molecular complexity index is 313. The van der Waals surface area contributed by atoms with E-state index < -0.39 is 5.97 Å². The van der Waals surface area contributed by atoms with Crippen molar-refractivity contribution < 1.29 is 18.7 Å². The second-order valence-corrected chi connectivity index (χ2v) is 3.03. The van der Waals surface area contributed by atoms with E-state index in [0.29, 0.717) is 5.75 Å². The normalized spacial score (nSPS) is 9.73. The van der Waals surface area contributed by atoms with Crippen molar-refractivity contribution in [2.24, 2.45) is 0 Å². The van der Waals surface area contributed by atoms with E-state index in [1.807, 2.05) is 0 Å². The van der Waals surface area contributed by atoms with Crippen molar-refractivity contribution in [1.29, 1.82) is 0 Å². The number of halogens is 2. The van der Waals surface area contributed by atoms with Crippen LogP contribution in [0.3, 0.4) is 0 Å². The largest absolute Gasteiger partial charge is 0.482 e. The summed E-state index contributed by atoms with van der Waals surface area (Å²) < 4.78 is 22.2. The van der Waals surface area contributed by atoms with Crippen LogP contribution >= 0.6 is 11.6 Å². The summed E-state index contributed by atoms with van der Waals surface area (Å²) in [6.45, 7) is -0.0459. The van der Waals surface area contributed by atoms with Crippen LogP contribution in [0.4, 0.5) is 4.39 Å². The second kappa shape index (κ2) is 6.24. The molecule has 0 amide bonds. The van der Waals surface area contributed by atoms with Gasteiger partial charge in [0.1, 0.15) is 18.2 Å². The van der Waals surface area contributed by atoms with Crippen molar-refractivity contribution in [2.45, 2.75) is 0 Å². The number of hydrogen-bond acceptors (Lipinski definition) is 3. The highest BCUT2D eigenvalue weighted by atomic mass is 35.5. The van der Waals surface area contributed by atoms with Gasteiger partial charge >= 0.3 is 5.97 Å². The standard InChI is InChI=1S/C10H10ClFO3/c11-5-6-14-10(13)7-15-9-3-1-8(12)2-4-9/h1-4H,5-7H2. The zero-order chi connectivity index (χ0) is 11.1. The number of ether oxygens (including phenoxy) is 2. The highest BCUT2D eigenvalue weighted by molar-refractivity contribution is 6.18. The van der Waals surface area contributed by atoms with Crippen LogP contribution in [0.5, 0.6) is 5.75 Å². The molecule has 0 spiro atoms. The maximum atomic E-state index is 12.5. The van der Waals surface area contributed by atoms with Gasteiger partial charge in [-0.05, 0) is 24.3 Å². The summed E-state index contributed by atoms with van der Waals surface area (Å²) in [5.74, 6) is -0.186. The molecule has 0 unspecified atom stereocenters. The van der Waals surface area contributed by atoms with Crippen LogP contribution in [0.2, 0.25) is 0 Å². The van der Waals surface area contributed by atoms with Crippen molar-refractivity contribution in [3.8, 4) is 5.75 Å². The van der Waals surface area contributed by atoms with E-state index in [9.17, 15) is 9.18 Å². The highest BCUT2D eigenvalue weighted by Crippen LogP contribution is 2.10. The third-order valence-corrected chi connectivity index (χ3v) is 1.66. The molecule has 3 nitrogen and oxygen atoms in total. The van der Waals surface area contributed by atoms with Gasteiger partial charge in [0.2, 0.25) is 0 Å². The lowest BCUT2D eigenvalue weighted by Gasteiger charge is -2.05. The minimum Gasteiger partial charge on any atom is -0.482 e. The van der Waals surface area contributed by atoms with Crippen LogP contribution in [0.1, 0.15) is 0 Å². The molecule has 82 valence electrons. The Balaban J connectivity index is 2.30. The van der Waals surface area contributed by atoms with Gasteiger partial charge in [0.15, 0.2) is 6.61 Å². The van der Waals surface area contributed by atoms with Crippen LogP contribution in [0.25, 0.3) is 0 Å². The first-order chi connectivity index (χ1) is 7.22. The second-order valence-electron chi connectivity index (χ2n) is 2.65. The van der Waals surface area contributed by atoms with E-state index in [4.69, 9.17) is 16.3 Å². The van der Waals surface area contributed by atoms with E-state index in [1.165, 1.54) is 24.3 Å². The number of carbonyl (C=O) groups is 1. The minimum atomic E-state index is -0.500. The van der Waals surface area contributed by atoms with Crippen LogP contribution in [-0.2, 0) is 9.53 Å². The predicted octanol–water partition coefficient (Wildman–Crippen LogP) is 1.99. The molecule has 5 heteroatoms. The Morgan fingerprint density at radius 2 is 2.00 bits per heavy atom. The summed E-state index contributed by atoms with van der Waals surface area (Å²) in [5, 5.41) is 0. The summed E-state index contributed by atoms with van der Waals surface area (Å²) in [6, 6.07) is 5.37. The summed E-state index contributed by atoms with van der Waals surface area (Å²) in [4.78, 5) is 11.0. The maximum Gasteiger partial charge on any atom is 0.344 e. The third-order valence-electron chi connectivity index (χ3n) is 1.51. The first-order valence-electron chi connectivity index (χ1n) is 4.32. The van der Waals surface area contributed by atoms with Crippen molar-refractivity contribution >= 4 is 17.6 Å². The Labute approximate surface area is 91.7 Å². The molecular formula is C10H10ClFO3. The van der Waals surface area contributed by atoms with Gasteiger partial charge in [-0.3, -0.25) is 0 Å². The summed E-state index contributed by atoms with van der Waals surface area (Å²) in [5.41, 5.74) is 0. The van der Waals surface area contributed by atoms with Crippen molar-refractivity contribution in [1.82, 2.24) is 0 Å². The van der Waals surface area contributed by atoms with E-state index in [0.717, 1.165) is 0 Å². The number of benzene rings is 1. The molecule has 0 aliphatic rings. The Morgan fingerprint density at radius 3 is 2.60 bits per heavy atom. The molecule has 0 radical (unpaired) electrons. The number of rotatable bonds is 5. The monoisotopic (exact) mass is 232 g/mol. The minimum absolute atomic E-state index is 0.160. The van der Waals surface area contributed by atoms with Crippen molar-refractivity contribution in [2.75, 3.05) is 19.1 Å². The molecule has 0 aromatic heterocycles. The van der Waals surface area contributed by atoms with Gasteiger partial charge in [-0.25, -0.2) is 9.18 Å². The average Bonchev–Trinajstić information content (AvgIpc) is 2.25. The van der Waals surface area contributed by atoms with Gasteiger partial charge in [0.25, 0.3) is 0 Å². The molecule has 1 rings (SSSR count). The summed E-state index contributed by atoms with van der Waals surface area (Å²) in [7, 11) is 0. The summed E-state index contributed by atoms with van der Waals surface area (Å²) >= 11 is 5.32. The predicted molar refractivity (Wildman–Crippen MR) is 53.6 cm³/mol. The van der Waals surface area contributed by atoms with E-state index in [1.54, 1.807) is 0 Å². The number of alkyl halides is 1.